The van der Waals surface area contributed by atoms with E-state index < -0.39 is 24.0 Å². The molecule has 2 rings (SSSR count). The fourth-order valence-corrected chi connectivity index (χ4v) is 1.61. The molecule has 1 aliphatic carbocycles. The van der Waals surface area contributed by atoms with E-state index in [1.165, 1.54) is 26.2 Å². The molecule has 114 valence electrons. The lowest BCUT2D eigenvalue weighted by Crippen LogP contribution is -2.43. The highest BCUT2D eigenvalue weighted by atomic mass is 16.5. The zero-order valence-corrected chi connectivity index (χ0v) is 11.9. The zero-order chi connectivity index (χ0) is 15.4. The summed E-state index contributed by atoms with van der Waals surface area (Å²) in [5, 5.41) is 5.18. The van der Waals surface area contributed by atoms with Crippen molar-refractivity contribution in [3.63, 3.8) is 0 Å². The fourth-order valence-electron chi connectivity index (χ4n) is 1.61. The van der Waals surface area contributed by atoms with Gasteiger partial charge in [0.1, 0.15) is 6.04 Å². The van der Waals surface area contributed by atoms with E-state index in [1.807, 2.05) is 0 Å². The molecule has 1 heterocycles. The first-order chi connectivity index (χ1) is 9.97. The average molecular weight is 294 g/mol. The van der Waals surface area contributed by atoms with Crippen LogP contribution in [0.2, 0.25) is 0 Å². The number of carbonyl (C=O) groups excluding carboxylic acids is 3. The lowest BCUT2D eigenvalue weighted by atomic mass is 10.3. The summed E-state index contributed by atoms with van der Waals surface area (Å²) in [5.74, 6) is -1.41. The summed E-state index contributed by atoms with van der Waals surface area (Å²) in [5.41, 5.74) is 0. The van der Waals surface area contributed by atoms with Gasteiger partial charge in [-0.1, -0.05) is 0 Å². The second-order valence-electron chi connectivity index (χ2n) is 5.03. The third-order valence-corrected chi connectivity index (χ3v) is 3.03. The standard InChI is InChI=1S/C14H18N2O5/c1-8(15-13(18)11-4-3-7-20-11)14(19)21-9(2)12(17)16-10-5-6-10/h3-4,7-10H,5-6H2,1-2H3,(H,15,18)(H,16,17)/t8-,9-/m0/s1. The van der Waals surface area contributed by atoms with Crippen molar-refractivity contribution in [3.8, 4) is 0 Å². The maximum atomic E-state index is 11.8. The molecule has 0 spiro atoms. The molecule has 0 unspecified atom stereocenters. The third-order valence-electron chi connectivity index (χ3n) is 3.03. The van der Waals surface area contributed by atoms with Crippen LogP contribution in [0, 0.1) is 0 Å². The predicted molar refractivity (Wildman–Crippen MR) is 72.4 cm³/mol. The summed E-state index contributed by atoms with van der Waals surface area (Å²) in [6.45, 7) is 2.98. The minimum atomic E-state index is -0.888. The van der Waals surface area contributed by atoms with Crippen molar-refractivity contribution in [2.45, 2.75) is 44.9 Å². The fraction of sp³-hybridized carbons (Fsp3) is 0.500. The summed E-state index contributed by atoms with van der Waals surface area (Å²) in [6, 6.07) is 2.38. The quantitative estimate of drug-likeness (QED) is 0.749. The molecule has 2 atom stereocenters. The van der Waals surface area contributed by atoms with Gasteiger partial charge in [0.25, 0.3) is 11.8 Å². The Morgan fingerprint density at radius 3 is 2.62 bits per heavy atom. The number of amides is 2. The molecule has 1 fully saturated rings. The molecule has 7 heteroatoms. The molecule has 0 aromatic carbocycles. The van der Waals surface area contributed by atoms with Gasteiger partial charge in [-0.15, -0.1) is 0 Å². The highest BCUT2D eigenvalue weighted by Crippen LogP contribution is 2.18. The molecule has 0 saturated heterocycles. The van der Waals surface area contributed by atoms with Crippen molar-refractivity contribution < 1.29 is 23.5 Å². The Morgan fingerprint density at radius 2 is 2.05 bits per heavy atom. The number of carbonyl (C=O) groups is 3. The van der Waals surface area contributed by atoms with Crippen LogP contribution in [0.4, 0.5) is 0 Å². The number of rotatable bonds is 6. The molecular formula is C14H18N2O5. The van der Waals surface area contributed by atoms with Gasteiger partial charge in [0.05, 0.1) is 6.26 Å². The summed E-state index contributed by atoms with van der Waals surface area (Å²) in [6.07, 6.45) is 2.40. The first-order valence-corrected chi connectivity index (χ1v) is 6.82. The molecule has 0 aliphatic heterocycles. The van der Waals surface area contributed by atoms with Crippen LogP contribution in [0.5, 0.6) is 0 Å². The van der Waals surface area contributed by atoms with E-state index in [0.717, 1.165) is 12.8 Å². The van der Waals surface area contributed by atoms with E-state index in [-0.39, 0.29) is 17.7 Å². The summed E-state index contributed by atoms with van der Waals surface area (Å²) in [4.78, 5) is 35.2. The van der Waals surface area contributed by atoms with Gasteiger partial charge in [0.15, 0.2) is 11.9 Å². The molecule has 1 saturated carbocycles. The van der Waals surface area contributed by atoms with Crippen LogP contribution in [0.15, 0.2) is 22.8 Å². The number of hydrogen-bond donors (Lipinski definition) is 2. The van der Waals surface area contributed by atoms with Crippen LogP contribution in [0.1, 0.15) is 37.2 Å². The molecule has 2 N–H and O–H groups in total. The predicted octanol–water partition coefficient (Wildman–Crippen LogP) is 0.608. The highest BCUT2D eigenvalue weighted by Gasteiger charge is 2.28. The topological polar surface area (TPSA) is 97.6 Å². The zero-order valence-electron chi connectivity index (χ0n) is 11.9. The Kier molecular flexibility index (Phi) is 4.62. The first-order valence-electron chi connectivity index (χ1n) is 6.82. The van der Waals surface area contributed by atoms with Gasteiger partial charge in [0.2, 0.25) is 0 Å². The first kappa shape index (κ1) is 15.1. The molecular weight excluding hydrogens is 276 g/mol. The van der Waals surface area contributed by atoms with Crippen molar-refractivity contribution in [1.29, 1.82) is 0 Å². The van der Waals surface area contributed by atoms with Gasteiger partial charge < -0.3 is 19.8 Å². The third kappa shape index (κ3) is 4.34. The van der Waals surface area contributed by atoms with E-state index in [2.05, 4.69) is 10.6 Å². The molecule has 21 heavy (non-hydrogen) atoms. The van der Waals surface area contributed by atoms with E-state index >= 15 is 0 Å². The Hall–Kier alpha value is -2.31. The largest absolute Gasteiger partial charge is 0.459 e. The van der Waals surface area contributed by atoms with Crippen LogP contribution >= 0.6 is 0 Å². The van der Waals surface area contributed by atoms with Gasteiger partial charge >= 0.3 is 5.97 Å². The van der Waals surface area contributed by atoms with Gasteiger partial charge in [-0.2, -0.15) is 0 Å². The van der Waals surface area contributed by atoms with Crippen LogP contribution in [0.25, 0.3) is 0 Å². The number of hydrogen-bond acceptors (Lipinski definition) is 5. The molecule has 2 amide bonds. The Balaban J connectivity index is 1.78. The van der Waals surface area contributed by atoms with Crippen LogP contribution in [0.3, 0.4) is 0 Å². The normalized spacial score (nSPS) is 16.7. The van der Waals surface area contributed by atoms with E-state index in [0.29, 0.717) is 0 Å². The number of furan rings is 1. The van der Waals surface area contributed by atoms with Gasteiger partial charge in [-0.3, -0.25) is 9.59 Å². The van der Waals surface area contributed by atoms with E-state index in [4.69, 9.17) is 9.15 Å². The smallest absolute Gasteiger partial charge is 0.329 e. The van der Waals surface area contributed by atoms with Crippen LogP contribution in [-0.2, 0) is 14.3 Å². The average Bonchev–Trinajstić information content (AvgIpc) is 3.07. The van der Waals surface area contributed by atoms with Crippen molar-refractivity contribution in [2.24, 2.45) is 0 Å². The lowest BCUT2D eigenvalue weighted by Gasteiger charge is -2.17. The van der Waals surface area contributed by atoms with Crippen LogP contribution in [-0.4, -0.2) is 36.0 Å². The lowest BCUT2D eigenvalue weighted by molar-refractivity contribution is -0.156. The van der Waals surface area contributed by atoms with Gasteiger partial charge in [-0.05, 0) is 38.8 Å². The van der Waals surface area contributed by atoms with Crippen molar-refractivity contribution >= 4 is 17.8 Å². The maximum Gasteiger partial charge on any atom is 0.329 e. The molecule has 0 bridgehead atoms. The summed E-state index contributed by atoms with van der Waals surface area (Å²) in [7, 11) is 0. The minimum Gasteiger partial charge on any atom is -0.459 e. The minimum absolute atomic E-state index is 0.106. The molecule has 0 radical (unpaired) electrons. The SMILES string of the molecule is C[C@H](NC(=O)c1ccco1)C(=O)O[C@@H](C)C(=O)NC1CC1. The van der Waals surface area contributed by atoms with Crippen molar-refractivity contribution in [2.75, 3.05) is 0 Å². The number of nitrogens with one attached hydrogen (secondary N) is 2. The number of esters is 1. The summed E-state index contributed by atoms with van der Waals surface area (Å²) >= 11 is 0. The summed E-state index contributed by atoms with van der Waals surface area (Å²) < 4.78 is 9.94. The van der Waals surface area contributed by atoms with Crippen LogP contribution < -0.4 is 10.6 Å². The second kappa shape index (κ2) is 6.43. The van der Waals surface area contributed by atoms with E-state index in [1.54, 1.807) is 6.07 Å². The van der Waals surface area contributed by atoms with Crippen molar-refractivity contribution in [1.82, 2.24) is 10.6 Å². The second-order valence-corrected chi connectivity index (χ2v) is 5.03. The Morgan fingerprint density at radius 1 is 1.33 bits per heavy atom. The Labute approximate surface area is 122 Å². The molecule has 1 aliphatic rings. The van der Waals surface area contributed by atoms with Crippen molar-refractivity contribution in [3.05, 3.63) is 24.2 Å². The molecule has 1 aromatic heterocycles. The molecule has 7 nitrogen and oxygen atoms in total. The highest BCUT2D eigenvalue weighted by molar-refractivity contribution is 5.94. The van der Waals surface area contributed by atoms with Gasteiger partial charge in [0, 0.05) is 6.04 Å². The molecule has 1 aromatic rings. The number of ether oxygens (including phenoxy) is 1. The van der Waals surface area contributed by atoms with E-state index in [9.17, 15) is 14.4 Å². The van der Waals surface area contributed by atoms with Gasteiger partial charge in [-0.25, -0.2) is 4.79 Å². The Bertz CT molecular complexity index is 521. The maximum absolute atomic E-state index is 11.8. The monoisotopic (exact) mass is 294 g/mol.